The Morgan fingerprint density at radius 3 is 2.79 bits per heavy atom. The molecule has 6 atom stereocenters. The summed E-state index contributed by atoms with van der Waals surface area (Å²) in [6.45, 7) is 9.94. The Morgan fingerprint density at radius 2 is 2.17 bits per heavy atom. The molecule has 0 saturated carbocycles. The van der Waals surface area contributed by atoms with E-state index in [0.29, 0.717) is 25.0 Å². The van der Waals surface area contributed by atoms with Crippen molar-refractivity contribution in [3.05, 3.63) is 11.8 Å². The zero-order valence-corrected chi connectivity index (χ0v) is 18.5. The molecule has 0 aromatic rings. The van der Waals surface area contributed by atoms with Crippen LogP contribution in [0.15, 0.2) is 11.8 Å². The van der Waals surface area contributed by atoms with E-state index in [-0.39, 0.29) is 17.9 Å². The zero-order valence-electron chi connectivity index (χ0n) is 17.6. The van der Waals surface area contributed by atoms with E-state index in [1.807, 2.05) is 0 Å². The number of nitrogens with two attached hydrogens (primary N) is 1. The maximum Gasteiger partial charge on any atom is 0.472 e. The lowest BCUT2D eigenvalue weighted by molar-refractivity contribution is -0.146. The zero-order chi connectivity index (χ0) is 21.6. The number of ether oxygens (including phenoxy) is 2. The van der Waals surface area contributed by atoms with E-state index in [1.165, 1.54) is 0 Å². The van der Waals surface area contributed by atoms with Crippen LogP contribution < -0.4 is 11.1 Å². The smallest absolute Gasteiger partial charge is 0.371 e. The van der Waals surface area contributed by atoms with Crippen molar-refractivity contribution in [2.45, 2.75) is 77.8 Å². The largest absolute Gasteiger partial charge is 0.472 e. The lowest BCUT2D eigenvalue weighted by Gasteiger charge is -2.42. The van der Waals surface area contributed by atoms with Crippen LogP contribution in [-0.2, 0) is 27.9 Å². The molecule has 0 radical (unpaired) electrons. The average molecular weight is 433 g/mol. The van der Waals surface area contributed by atoms with Crippen molar-refractivity contribution in [3.63, 3.8) is 0 Å². The first-order valence-electron chi connectivity index (χ1n) is 9.85. The van der Waals surface area contributed by atoms with Crippen LogP contribution in [0.2, 0.25) is 0 Å². The fourth-order valence-electron chi connectivity index (χ4n) is 4.33. The number of phosphoric acid groups is 1. The van der Waals surface area contributed by atoms with E-state index in [2.05, 4.69) is 26.1 Å². The van der Waals surface area contributed by atoms with Crippen molar-refractivity contribution in [2.75, 3.05) is 13.2 Å². The molecular weight excluding hydrogens is 401 g/mol. The molecule has 10 nitrogen and oxygen atoms in total. The molecule has 1 amide bonds. The molecule has 4 unspecified atom stereocenters. The third-order valence-corrected chi connectivity index (χ3v) is 6.33. The standard InChI is InChI=1S/C18H32N3O7P/c1-6-26-29(23,24)28-13-12-15(21-9-11(2)14(22)20-16(21)19)27-18(13,7-8-25-12)10-17(3,4)5/h9,12-13,15-16H,6-8,10,19H2,1-5H3,(H,20,22)(H,23,24)/t12?,13?,15-,16?,18-/m1/s1. The van der Waals surface area contributed by atoms with Crippen LogP contribution in [-0.4, -0.2) is 59.2 Å². The van der Waals surface area contributed by atoms with E-state index < -0.39 is 38.1 Å². The molecule has 3 aliphatic rings. The molecule has 3 heterocycles. The predicted octanol–water partition coefficient (Wildman–Crippen LogP) is 1.41. The van der Waals surface area contributed by atoms with Crippen LogP contribution in [0.25, 0.3) is 0 Å². The Hall–Kier alpha value is -1.00. The van der Waals surface area contributed by atoms with Gasteiger partial charge in [0.1, 0.15) is 17.8 Å². The van der Waals surface area contributed by atoms with Gasteiger partial charge in [0.2, 0.25) is 0 Å². The highest BCUT2D eigenvalue weighted by Crippen LogP contribution is 2.55. The van der Waals surface area contributed by atoms with Gasteiger partial charge in [0.05, 0.1) is 13.2 Å². The fourth-order valence-corrected chi connectivity index (χ4v) is 5.32. The first-order valence-corrected chi connectivity index (χ1v) is 11.3. The van der Waals surface area contributed by atoms with E-state index in [0.717, 1.165) is 0 Å². The number of rotatable bonds is 6. The van der Waals surface area contributed by atoms with Crippen molar-refractivity contribution in [1.82, 2.24) is 10.2 Å². The molecule has 2 bridgehead atoms. The van der Waals surface area contributed by atoms with Crippen LogP contribution >= 0.6 is 7.82 Å². The number of phosphoric ester groups is 1. The number of fused-ring (bicyclic) bond motifs is 2. The molecule has 4 N–H and O–H groups in total. The van der Waals surface area contributed by atoms with Gasteiger partial charge in [0.15, 0.2) is 12.5 Å². The van der Waals surface area contributed by atoms with E-state index in [4.69, 9.17) is 24.3 Å². The molecule has 0 aliphatic carbocycles. The van der Waals surface area contributed by atoms with Gasteiger partial charge in [-0.05, 0) is 25.7 Å². The van der Waals surface area contributed by atoms with Gasteiger partial charge in [-0.2, -0.15) is 0 Å². The van der Waals surface area contributed by atoms with Gasteiger partial charge < -0.3 is 24.6 Å². The van der Waals surface area contributed by atoms with Gasteiger partial charge in [0.25, 0.3) is 5.91 Å². The Morgan fingerprint density at radius 1 is 1.48 bits per heavy atom. The van der Waals surface area contributed by atoms with Crippen molar-refractivity contribution in [3.8, 4) is 0 Å². The van der Waals surface area contributed by atoms with Gasteiger partial charge in [-0.3, -0.25) is 19.6 Å². The molecular formula is C18H32N3O7P. The van der Waals surface area contributed by atoms with Crippen LogP contribution in [0, 0.1) is 5.41 Å². The molecule has 11 heteroatoms. The fraction of sp³-hybridized carbons (Fsp3) is 0.833. The van der Waals surface area contributed by atoms with E-state index in [1.54, 1.807) is 24.9 Å². The Bertz CT molecular complexity index is 725. The van der Waals surface area contributed by atoms with Crippen molar-refractivity contribution in [2.24, 2.45) is 11.1 Å². The van der Waals surface area contributed by atoms with Gasteiger partial charge in [-0.15, -0.1) is 0 Å². The van der Waals surface area contributed by atoms with Crippen LogP contribution in [0.5, 0.6) is 0 Å². The van der Waals surface area contributed by atoms with Crippen LogP contribution in [0.3, 0.4) is 0 Å². The summed E-state index contributed by atoms with van der Waals surface area (Å²) in [6.07, 6.45) is -0.339. The lowest BCUT2D eigenvalue weighted by atomic mass is 9.76. The molecule has 166 valence electrons. The maximum atomic E-state index is 12.4. The Kier molecular flexibility index (Phi) is 6.20. The van der Waals surface area contributed by atoms with Gasteiger partial charge in [0, 0.05) is 18.2 Å². The summed E-state index contributed by atoms with van der Waals surface area (Å²) in [5, 5.41) is 2.67. The van der Waals surface area contributed by atoms with Gasteiger partial charge in [-0.25, -0.2) is 4.57 Å². The van der Waals surface area contributed by atoms with Crippen LogP contribution in [0.1, 0.15) is 47.5 Å². The van der Waals surface area contributed by atoms with Crippen LogP contribution in [0.4, 0.5) is 0 Å². The van der Waals surface area contributed by atoms with Gasteiger partial charge in [-0.1, -0.05) is 20.8 Å². The maximum absolute atomic E-state index is 12.4. The predicted molar refractivity (Wildman–Crippen MR) is 104 cm³/mol. The third kappa shape index (κ3) is 4.69. The highest BCUT2D eigenvalue weighted by Gasteiger charge is 2.63. The third-order valence-electron chi connectivity index (χ3n) is 5.25. The number of nitrogens with one attached hydrogen (secondary N) is 1. The van der Waals surface area contributed by atoms with Gasteiger partial charge >= 0.3 is 7.82 Å². The van der Waals surface area contributed by atoms with Crippen molar-refractivity contribution < 1.29 is 32.8 Å². The monoisotopic (exact) mass is 433 g/mol. The first kappa shape index (κ1) is 22.7. The summed E-state index contributed by atoms with van der Waals surface area (Å²) < 4.78 is 35.4. The number of hydrogen-bond acceptors (Lipinski definition) is 8. The summed E-state index contributed by atoms with van der Waals surface area (Å²) in [7, 11) is -4.30. The number of amides is 1. The summed E-state index contributed by atoms with van der Waals surface area (Å²) in [5.41, 5.74) is 5.60. The van der Waals surface area contributed by atoms with E-state index in [9.17, 15) is 14.3 Å². The second kappa shape index (κ2) is 7.92. The second-order valence-corrected chi connectivity index (χ2v) is 10.4. The topological polar surface area (TPSA) is 133 Å². The summed E-state index contributed by atoms with van der Waals surface area (Å²) in [6, 6.07) is 0. The molecule has 0 aromatic heterocycles. The molecule has 3 rings (SSSR count). The average Bonchev–Trinajstić information content (AvgIpc) is 2.72. The molecule has 2 fully saturated rings. The minimum absolute atomic E-state index is 0.0353. The van der Waals surface area contributed by atoms with E-state index >= 15 is 0 Å². The molecule has 0 spiro atoms. The molecule has 3 aliphatic heterocycles. The highest BCUT2D eigenvalue weighted by molar-refractivity contribution is 7.47. The Labute approximate surface area is 171 Å². The minimum Gasteiger partial charge on any atom is -0.371 e. The second-order valence-electron chi connectivity index (χ2n) is 8.99. The number of carbonyl (C=O) groups is 1. The quantitative estimate of drug-likeness (QED) is 0.532. The molecule has 0 aromatic carbocycles. The first-order chi connectivity index (χ1) is 13.4. The summed E-state index contributed by atoms with van der Waals surface area (Å²) in [5.74, 6) is -0.260. The Balaban J connectivity index is 1.97. The number of hydrogen-bond donors (Lipinski definition) is 3. The molecule has 29 heavy (non-hydrogen) atoms. The number of carbonyl (C=O) groups excluding carboxylic acids is 1. The molecule has 2 saturated heterocycles. The lowest BCUT2D eigenvalue weighted by Crippen LogP contribution is -2.61. The van der Waals surface area contributed by atoms with Crippen molar-refractivity contribution in [1.29, 1.82) is 0 Å². The normalized spacial score (nSPS) is 37.1. The SMILES string of the molecule is CCOP(=O)(O)OC1C2OCC[C@]1(CC(C)(C)C)O[C@H]2N1C=C(C)C(=O)NC1N. The summed E-state index contributed by atoms with van der Waals surface area (Å²) >= 11 is 0. The van der Waals surface area contributed by atoms with Crippen molar-refractivity contribution >= 4 is 13.7 Å². The highest BCUT2D eigenvalue weighted by atomic mass is 31.2. The summed E-state index contributed by atoms with van der Waals surface area (Å²) in [4.78, 5) is 23.7. The number of nitrogens with zero attached hydrogens (tertiary/aromatic N) is 1. The minimum atomic E-state index is -4.30.